The van der Waals surface area contributed by atoms with Crippen LogP contribution in [0.5, 0.6) is 0 Å². The van der Waals surface area contributed by atoms with E-state index < -0.39 is 0 Å². The third-order valence-electron chi connectivity index (χ3n) is 3.99. The highest BCUT2D eigenvalue weighted by Gasteiger charge is 2.16. The van der Waals surface area contributed by atoms with Crippen LogP contribution in [-0.4, -0.2) is 17.9 Å². The first-order valence-electron chi connectivity index (χ1n) is 8.06. The van der Waals surface area contributed by atoms with Gasteiger partial charge in [0.2, 0.25) is 5.91 Å². The Kier molecular flexibility index (Phi) is 6.25. The summed E-state index contributed by atoms with van der Waals surface area (Å²) >= 11 is 0. The third-order valence-corrected chi connectivity index (χ3v) is 3.99. The van der Waals surface area contributed by atoms with Crippen molar-refractivity contribution in [1.29, 1.82) is 0 Å². The van der Waals surface area contributed by atoms with Crippen LogP contribution in [0.3, 0.4) is 0 Å². The van der Waals surface area contributed by atoms with E-state index in [1.807, 2.05) is 12.1 Å². The Bertz CT molecular complexity index is 727. The predicted molar refractivity (Wildman–Crippen MR) is 95.5 cm³/mol. The zero-order chi connectivity index (χ0) is 18.4. The summed E-state index contributed by atoms with van der Waals surface area (Å²) in [5.74, 6) is -1.05. The van der Waals surface area contributed by atoms with Gasteiger partial charge < -0.3 is 16.4 Å². The average Bonchev–Trinajstić information content (AvgIpc) is 2.60. The highest BCUT2D eigenvalue weighted by molar-refractivity contribution is 6.04. The number of benzene rings is 2. The number of anilines is 1. The van der Waals surface area contributed by atoms with Crippen LogP contribution in [0.1, 0.15) is 29.8 Å². The second kappa shape index (κ2) is 8.39. The van der Waals surface area contributed by atoms with E-state index in [2.05, 4.69) is 10.6 Å². The summed E-state index contributed by atoms with van der Waals surface area (Å²) in [6.07, 6.45) is 0. The van der Waals surface area contributed by atoms with Crippen LogP contribution < -0.4 is 16.4 Å². The van der Waals surface area contributed by atoms with E-state index in [0.29, 0.717) is 17.8 Å². The molecule has 2 aromatic rings. The van der Waals surface area contributed by atoms with Crippen molar-refractivity contribution in [2.45, 2.75) is 26.4 Å². The van der Waals surface area contributed by atoms with Gasteiger partial charge in [0.05, 0.1) is 0 Å². The van der Waals surface area contributed by atoms with Crippen LogP contribution in [0.15, 0.2) is 48.5 Å². The Hall–Kier alpha value is -2.73. The monoisotopic (exact) mass is 343 g/mol. The molecule has 25 heavy (non-hydrogen) atoms. The Morgan fingerprint density at radius 3 is 2.20 bits per heavy atom. The van der Waals surface area contributed by atoms with E-state index in [1.54, 1.807) is 26.0 Å². The lowest BCUT2D eigenvalue weighted by atomic mass is 10.0. The van der Waals surface area contributed by atoms with Gasteiger partial charge in [-0.1, -0.05) is 19.1 Å². The van der Waals surface area contributed by atoms with E-state index in [1.165, 1.54) is 24.3 Å². The van der Waals surface area contributed by atoms with E-state index in [-0.39, 0.29) is 29.6 Å². The molecule has 0 aliphatic heterocycles. The molecule has 2 atom stereocenters. The zero-order valence-electron chi connectivity index (χ0n) is 14.3. The number of amides is 2. The minimum Gasteiger partial charge on any atom is -0.352 e. The fourth-order valence-electron chi connectivity index (χ4n) is 2.10. The van der Waals surface area contributed by atoms with Gasteiger partial charge in [-0.15, -0.1) is 0 Å². The van der Waals surface area contributed by atoms with Gasteiger partial charge in [0.1, 0.15) is 5.82 Å². The van der Waals surface area contributed by atoms with Crippen molar-refractivity contribution in [3.05, 3.63) is 65.5 Å². The van der Waals surface area contributed by atoms with Crippen molar-refractivity contribution in [2.75, 3.05) is 5.32 Å². The van der Waals surface area contributed by atoms with Gasteiger partial charge in [-0.05, 0) is 48.9 Å². The van der Waals surface area contributed by atoms with Crippen LogP contribution in [0, 0.1) is 11.7 Å². The topological polar surface area (TPSA) is 84.2 Å². The Labute approximate surface area is 146 Å². The van der Waals surface area contributed by atoms with E-state index >= 15 is 0 Å². The van der Waals surface area contributed by atoms with Crippen LogP contribution in [-0.2, 0) is 11.3 Å². The maximum Gasteiger partial charge on any atom is 0.255 e. The van der Waals surface area contributed by atoms with E-state index in [9.17, 15) is 14.0 Å². The molecule has 5 nitrogen and oxygen atoms in total. The number of nitrogens with one attached hydrogen (secondary N) is 2. The van der Waals surface area contributed by atoms with Crippen molar-refractivity contribution < 1.29 is 14.0 Å². The summed E-state index contributed by atoms with van der Waals surface area (Å²) in [6.45, 7) is 3.97. The maximum atomic E-state index is 12.9. The normalized spacial score (nSPS) is 13.0. The largest absolute Gasteiger partial charge is 0.352 e. The summed E-state index contributed by atoms with van der Waals surface area (Å²) in [6, 6.07) is 12.3. The lowest BCUT2D eigenvalue weighted by Crippen LogP contribution is -2.38. The summed E-state index contributed by atoms with van der Waals surface area (Å²) in [5, 5.41) is 5.57. The standard InChI is InChI=1S/C19H22FN3O2/c1-12(13(2)21)18(24)22-11-14-3-9-17(10-4-14)23-19(25)15-5-7-16(20)8-6-15/h3-10,12-13H,11,21H2,1-2H3,(H,22,24)(H,23,25). The maximum absolute atomic E-state index is 12.9. The molecule has 2 rings (SSSR count). The lowest BCUT2D eigenvalue weighted by Gasteiger charge is -2.15. The Balaban J connectivity index is 1.90. The molecule has 0 heterocycles. The molecule has 132 valence electrons. The predicted octanol–water partition coefficient (Wildman–Crippen LogP) is 2.68. The van der Waals surface area contributed by atoms with Crippen LogP contribution in [0.4, 0.5) is 10.1 Å². The molecule has 0 saturated carbocycles. The van der Waals surface area contributed by atoms with Crippen LogP contribution in [0.2, 0.25) is 0 Å². The van der Waals surface area contributed by atoms with Crippen molar-refractivity contribution >= 4 is 17.5 Å². The minimum atomic E-state index is -0.388. The Morgan fingerprint density at radius 1 is 1.04 bits per heavy atom. The molecule has 2 aromatic carbocycles. The molecular formula is C19H22FN3O2. The number of nitrogens with two attached hydrogens (primary N) is 1. The second-order valence-corrected chi connectivity index (χ2v) is 6.02. The summed E-state index contributed by atoms with van der Waals surface area (Å²) in [5.41, 5.74) is 7.61. The number of hydrogen-bond acceptors (Lipinski definition) is 3. The number of carbonyl (C=O) groups is 2. The van der Waals surface area contributed by atoms with Crippen molar-refractivity contribution in [2.24, 2.45) is 11.7 Å². The summed E-state index contributed by atoms with van der Waals surface area (Å²) in [4.78, 5) is 23.9. The highest BCUT2D eigenvalue weighted by atomic mass is 19.1. The number of halogens is 1. The van der Waals surface area contributed by atoms with Crippen LogP contribution >= 0.6 is 0 Å². The lowest BCUT2D eigenvalue weighted by molar-refractivity contribution is -0.125. The molecule has 0 saturated heterocycles. The molecule has 0 aliphatic rings. The van der Waals surface area contributed by atoms with Gasteiger partial charge in [-0.25, -0.2) is 4.39 Å². The molecular weight excluding hydrogens is 321 g/mol. The first-order chi connectivity index (χ1) is 11.9. The number of hydrogen-bond donors (Lipinski definition) is 3. The first kappa shape index (κ1) is 18.6. The van der Waals surface area contributed by atoms with Gasteiger partial charge in [0.25, 0.3) is 5.91 Å². The van der Waals surface area contributed by atoms with Crippen molar-refractivity contribution in [3.8, 4) is 0 Å². The van der Waals surface area contributed by atoms with Gasteiger partial charge in [0.15, 0.2) is 0 Å². The van der Waals surface area contributed by atoms with E-state index in [0.717, 1.165) is 5.56 Å². The third kappa shape index (κ3) is 5.39. The number of rotatable bonds is 6. The molecule has 4 N–H and O–H groups in total. The molecule has 0 radical (unpaired) electrons. The summed E-state index contributed by atoms with van der Waals surface area (Å²) < 4.78 is 12.9. The fraction of sp³-hybridized carbons (Fsp3) is 0.263. The SMILES string of the molecule is CC(N)C(C)C(=O)NCc1ccc(NC(=O)c2ccc(F)cc2)cc1. The van der Waals surface area contributed by atoms with Gasteiger partial charge in [-0.3, -0.25) is 9.59 Å². The highest BCUT2D eigenvalue weighted by Crippen LogP contribution is 2.12. The zero-order valence-corrected chi connectivity index (χ0v) is 14.3. The first-order valence-corrected chi connectivity index (χ1v) is 8.06. The smallest absolute Gasteiger partial charge is 0.255 e. The van der Waals surface area contributed by atoms with Gasteiger partial charge in [-0.2, -0.15) is 0 Å². The van der Waals surface area contributed by atoms with Crippen molar-refractivity contribution in [1.82, 2.24) is 5.32 Å². The molecule has 2 unspecified atom stereocenters. The second-order valence-electron chi connectivity index (χ2n) is 6.02. The van der Waals surface area contributed by atoms with Gasteiger partial charge in [0, 0.05) is 29.8 Å². The van der Waals surface area contributed by atoms with Crippen LogP contribution in [0.25, 0.3) is 0 Å². The Morgan fingerprint density at radius 2 is 1.64 bits per heavy atom. The molecule has 2 amide bonds. The molecule has 0 fully saturated rings. The molecule has 0 aromatic heterocycles. The fourth-order valence-corrected chi connectivity index (χ4v) is 2.10. The quantitative estimate of drug-likeness (QED) is 0.754. The van der Waals surface area contributed by atoms with Crippen molar-refractivity contribution in [3.63, 3.8) is 0 Å². The average molecular weight is 343 g/mol. The molecule has 0 aliphatic carbocycles. The molecule has 6 heteroatoms. The van der Waals surface area contributed by atoms with E-state index in [4.69, 9.17) is 5.73 Å². The molecule has 0 bridgehead atoms. The minimum absolute atomic E-state index is 0.0938. The molecule has 0 spiro atoms. The van der Waals surface area contributed by atoms with Gasteiger partial charge >= 0.3 is 0 Å². The number of carbonyl (C=O) groups excluding carboxylic acids is 2. The summed E-state index contributed by atoms with van der Waals surface area (Å²) in [7, 11) is 0.